The van der Waals surface area contributed by atoms with Crippen molar-refractivity contribution in [3.8, 4) is 0 Å². The maximum Gasteiger partial charge on any atom is 0.425 e. The molecule has 3 saturated carbocycles. The van der Waals surface area contributed by atoms with Crippen LogP contribution in [0, 0.1) is 29.6 Å². The minimum atomic E-state index is -4.18. The van der Waals surface area contributed by atoms with Gasteiger partial charge in [0.1, 0.15) is 4.88 Å². The van der Waals surface area contributed by atoms with Crippen molar-refractivity contribution in [3.05, 3.63) is 21.9 Å². The van der Waals surface area contributed by atoms with Gasteiger partial charge in [-0.25, -0.2) is 0 Å². The van der Waals surface area contributed by atoms with Crippen LogP contribution in [-0.2, 0) is 6.18 Å². The summed E-state index contributed by atoms with van der Waals surface area (Å²) in [6.07, 6.45) is 7.56. The monoisotopic (exact) mass is 370 g/mol. The molecule has 0 N–H and O–H groups in total. The second kappa shape index (κ2) is 6.90. The summed E-state index contributed by atoms with van der Waals surface area (Å²) in [6.45, 7) is 2.40. The lowest BCUT2D eigenvalue weighted by Crippen LogP contribution is -2.26. The highest BCUT2D eigenvalue weighted by atomic mass is 32.1. The second-order valence-corrected chi connectivity index (χ2v) is 9.98. The third-order valence-electron chi connectivity index (χ3n) is 7.34. The molecule has 0 saturated heterocycles. The largest absolute Gasteiger partial charge is 0.425 e. The van der Waals surface area contributed by atoms with E-state index in [1.165, 1.54) is 51.0 Å². The van der Waals surface area contributed by atoms with E-state index in [1.54, 1.807) is 6.07 Å². The van der Waals surface area contributed by atoms with Crippen LogP contribution in [0.25, 0.3) is 0 Å². The molecule has 2 atom stereocenters. The molecule has 1 aromatic rings. The summed E-state index contributed by atoms with van der Waals surface area (Å²) >= 11 is 0.969. The summed E-state index contributed by atoms with van der Waals surface area (Å²) in [5, 5.41) is 0. The Balaban J connectivity index is 1.26. The van der Waals surface area contributed by atoms with Gasteiger partial charge in [-0.15, -0.1) is 11.3 Å². The SMILES string of the molecule is CC1CC1C1CCC(C2CCC(c3ccc(C(F)(F)F)s3)CC2)CC1. The highest BCUT2D eigenvalue weighted by Crippen LogP contribution is 2.52. The third-order valence-corrected chi connectivity index (χ3v) is 8.63. The van der Waals surface area contributed by atoms with Crippen molar-refractivity contribution >= 4 is 11.3 Å². The Kier molecular flexibility index (Phi) is 4.94. The van der Waals surface area contributed by atoms with Gasteiger partial charge < -0.3 is 0 Å². The van der Waals surface area contributed by atoms with Crippen molar-refractivity contribution in [1.29, 1.82) is 0 Å². The van der Waals surface area contributed by atoms with Gasteiger partial charge in [-0.3, -0.25) is 0 Å². The Morgan fingerprint density at radius 1 is 0.840 bits per heavy atom. The van der Waals surface area contributed by atoms with Gasteiger partial charge in [0.15, 0.2) is 0 Å². The number of halogens is 3. The zero-order valence-electron chi connectivity index (χ0n) is 15.0. The average Bonchev–Trinajstić information content (AvgIpc) is 3.11. The molecule has 3 fully saturated rings. The minimum absolute atomic E-state index is 0.362. The summed E-state index contributed by atoms with van der Waals surface area (Å²) in [6, 6.07) is 2.99. The Bertz CT molecular complexity index is 574. The summed E-state index contributed by atoms with van der Waals surface area (Å²) in [5.41, 5.74) is 0. The van der Waals surface area contributed by atoms with E-state index in [2.05, 4.69) is 6.92 Å². The molecule has 1 heterocycles. The van der Waals surface area contributed by atoms with Gasteiger partial charge in [0.05, 0.1) is 0 Å². The topological polar surface area (TPSA) is 0 Å². The molecule has 25 heavy (non-hydrogen) atoms. The molecule has 3 aliphatic carbocycles. The van der Waals surface area contributed by atoms with Crippen molar-refractivity contribution < 1.29 is 13.2 Å². The lowest BCUT2D eigenvalue weighted by molar-refractivity contribution is -0.134. The molecule has 0 aliphatic heterocycles. The molecule has 1 aromatic heterocycles. The minimum Gasteiger partial charge on any atom is -0.165 e. The number of alkyl halides is 3. The highest BCUT2D eigenvalue weighted by Gasteiger charge is 2.42. The van der Waals surface area contributed by atoms with Gasteiger partial charge in [-0.05, 0) is 105 Å². The molecule has 2 unspecified atom stereocenters. The van der Waals surface area contributed by atoms with Crippen LogP contribution < -0.4 is 0 Å². The van der Waals surface area contributed by atoms with E-state index in [9.17, 15) is 13.2 Å². The summed E-state index contributed by atoms with van der Waals surface area (Å²) in [7, 11) is 0. The molecular weight excluding hydrogens is 341 g/mol. The van der Waals surface area contributed by atoms with Crippen molar-refractivity contribution in [2.45, 2.75) is 76.8 Å². The summed E-state index contributed by atoms with van der Waals surface area (Å²) in [4.78, 5) is 0.523. The average molecular weight is 371 g/mol. The van der Waals surface area contributed by atoms with Crippen LogP contribution in [-0.4, -0.2) is 0 Å². The maximum atomic E-state index is 12.8. The molecule has 3 aliphatic rings. The van der Waals surface area contributed by atoms with Gasteiger partial charge in [-0.2, -0.15) is 13.2 Å². The Hall–Kier alpha value is -0.510. The van der Waals surface area contributed by atoms with Gasteiger partial charge >= 0.3 is 6.18 Å². The van der Waals surface area contributed by atoms with Crippen LogP contribution >= 0.6 is 11.3 Å². The van der Waals surface area contributed by atoms with Crippen LogP contribution in [0.5, 0.6) is 0 Å². The summed E-state index contributed by atoms with van der Waals surface area (Å²) in [5.74, 6) is 5.08. The molecule has 0 amide bonds. The van der Waals surface area contributed by atoms with Gasteiger partial charge in [0.2, 0.25) is 0 Å². The van der Waals surface area contributed by atoms with Crippen LogP contribution in [0.1, 0.15) is 80.4 Å². The Morgan fingerprint density at radius 2 is 1.36 bits per heavy atom. The van der Waals surface area contributed by atoms with E-state index in [0.29, 0.717) is 5.92 Å². The molecule has 4 heteroatoms. The van der Waals surface area contributed by atoms with Gasteiger partial charge in [-0.1, -0.05) is 6.92 Å². The highest BCUT2D eigenvalue weighted by molar-refractivity contribution is 7.12. The van der Waals surface area contributed by atoms with Crippen LogP contribution in [0.2, 0.25) is 0 Å². The Morgan fingerprint density at radius 3 is 1.84 bits per heavy atom. The normalized spacial score (nSPS) is 39.4. The Labute approximate surface area is 153 Å². The molecule has 0 nitrogen and oxygen atoms in total. The first-order valence-electron chi connectivity index (χ1n) is 10.1. The lowest BCUT2D eigenvalue weighted by Gasteiger charge is -2.38. The zero-order chi connectivity index (χ0) is 17.6. The quantitative estimate of drug-likeness (QED) is 0.516. The van der Waals surface area contributed by atoms with E-state index in [1.807, 2.05) is 0 Å². The first kappa shape index (κ1) is 17.9. The predicted molar refractivity (Wildman–Crippen MR) is 96.7 cm³/mol. The molecule has 140 valence electrons. The molecular formula is C21H29F3S. The number of hydrogen-bond acceptors (Lipinski definition) is 1. The fourth-order valence-corrected chi connectivity index (χ4v) is 6.70. The molecule has 0 spiro atoms. The second-order valence-electron chi connectivity index (χ2n) is 8.86. The number of thiophene rings is 1. The van der Waals surface area contributed by atoms with E-state index < -0.39 is 11.1 Å². The summed E-state index contributed by atoms with van der Waals surface area (Å²) < 4.78 is 38.4. The van der Waals surface area contributed by atoms with Crippen LogP contribution in [0.15, 0.2) is 12.1 Å². The standard InChI is InChI=1S/C21H29F3S/c1-13-12-18(13)16-6-2-14(3-7-16)15-4-8-17(9-5-15)19-10-11-20(25-19)21(22,23)24/h10-11,13-18H,2-9,12H2,1H3. The van der Waals surface area contributed by atoms with E-state index >= 15 is 0 Å². The molecule has 4 rings (SSSR count). The molecule has 0 aromatic carbocycles. The van der Waals surface area contributed by atoms with Crippen LogP contribution in [0.3, 0.4) is 0 Å². The maximum absolute atomic E-state index is 12.8. The molecule has 0 bridgehead atoms. The van der Waals surface area contributed by atoms with Gasteiger partial charge in [0, 0.05) is 4.88 Å². The lowest BCUT2D eigenvalue weighted by atomic mass is 9.68. The van der Waals surface area contributed by atoms with Crippen molar-refractivity contribution in [2.24, 2.45) is 29.6 Å². The number of rotatable bonds is 3. The smallest absolute Gasteiger partial charge is 0.165 e. The first-order valence-corrected chi connectivity index (χ1v) is 10.9. The zero-order valence-corrected chi connectivity index (χ0v) is 15.8. The van der Waals surface area contributed by atoms with Crippen LogP contribution in [0.4, 0.5) is 13.2 Å². The third kappa shape index (κ3) is 3.94. The van der Waals surface area contributed by atoms with E-state index in [0.717, 1.165) is 58.6 Å². The van der Waals surface area contributed by atoms with Gasteiger partial charge in [0.25, 0.3) is 0 Å². The fourth-order valence-electron chi connectivity index (χ4n) is 5.65. The first-order chi connectivity index (χ1) is 11.9. The van der Waals surface area contributed by atoms with Crippen molar-refractivity contribution in [2.75, 3.05) is 0 Å². The van der Waals surface area contributed by atoms with Crippen molar-refractivity contribution in [3.63, 3.8) is 0 Å². The van der Waals surface area contributed by atoms with E-state index in [4.69, 9.17) is 0 Å². The van der Waals surface area contributed by atoms with E-state index in [-0.39, 0.29) is 0 Å². The fraction of sp³-hybridized carbons (Fsp3) is 0.810. The predicted octanol–water partition coefficient (Wildman–Crippen LogP) is 7.50. The number of hydrogen-bond donors (Lipinski definition) is 0. The molecule has 0 radical (unpaired) electrons. The van der Waals surface area contributed by atoms with Crippen molar-refractivity contribution in [1.82, 2.24) is 0 Å².